The van der Waals surface area contributed by atoms with Crippen molar-refractivity contribution in [2.75, 3.05) is 13.7 Å². The van der Waals surface area contributed by atoms with Crippen molar-refractivity contribution in [1.29, 1.82) is 0 Å². The van der Waals surface area contributed by atoms with Crippen LogP contribution in [0.4, 0.5) is 0 Å². The Kier molecular flexibility index (Phi) is 3.36. The fourth-order valence-corrected chi connectivity index (χ4v) is 2.72. The third-order valence-electron chi connectivity index (χ3n) is 4.01. The molecule has 0 saturated heterocycles. The van der Waals surface area contributed by atoms with E-state index in [1.54, 1.807) is 13.2 Å². The van der Waals surface area contributed by atoms with Gasteiger partial charge in [0.15, 0.2) is 0 Å². The lowest BCUT2D eigenvalue weighted by molar-refractivity contribution is 0.161. The number of ether oxygens (including phenoxy) is 1. The lowest BCUT2D eigenvalue weighted by Crippen LogP contribution is -2.35. The number of hydrogen-bond acceptors (Lipinski definition) is 4. The van der Waals surface area contributed by atoms with Crippen LogP contribution < -0.4 is 4.74 Å². The molecule has 0 radical (unpaired) electrons. The van der Waals surface area contributed by atoms with Crippen molar-refractivity contribution < 1.29 is 9.84 Å². The van der Waals surface area contributed by atoms with Crippen LogP contribution in [0.1, 0.15) is 24.4 Å². The number of aromatic nitrogens is 2. The Labute approximate surface area is 118 Å². The van der Waals surface area contributed by atoms with Crippen molar-refractivity contribution in [1.82, 2.24) is 14.5 Å². The van der Waals surface area contributed by atoms with Gasteiger partial charge in [0.2, 0.25) is 0 Å². The van der Waals surface area contributed by atoms with Gasteiger partial charge >= 0.3 is 0 Å². The smallest absolute Gasteiger partial charge is 0.124 e. The lowest BCUT2D eigenvalue weighted by Gasteiger charge is -2.33. The average molecular weight is 273 g/mol. The molecule has 1 aliphatic heterocycles. The molecule has 1 N–H and O–H groups in total. The first-order chi connectivity index (χ1) is 9.69. The van der Waals surface area contributed by atoms with E-state index in [2.05, 4.69) is 21.4 Å². The zero-order chi connectivity index (χ0) is 14.1. The fraction of sp³-hybridized carbons (Fsp3) is 0.400. The van der Waals surface area contributed by atoms with Crippen LogP contribution in [-0.2, 0) is 13.1 Å². The Morgan fingerprint density at radius 3 is 2.95 bits per heavy atom. The van der Waals surface area contributed by atoms with Gasteiger partial charge in [-0.25, -0.2) is 4.98 Å². The van der Waals surface area contributed by atoms with Gasteiger partial charge in [0.25, 0.3) is 0 Å². The molecule has 0 bridgehead atoms. The van der Waals surface area contributed by atoms with E-state index in [9.17, 15) is 5.11 Å². The summed E-state index contributed by atoms with van der Waals surface area (Å²) in [6, 6.07) is 5.62. The van der Waals surface area contributed by atoms with Crippen LogP contribution in [0.5, 0.6) is 11.5 Å². The van der Waals surface area contributed by atoms with E-state index in [0.717, 1.165) is 31.0 Å². The van der Waals surface area contributed by atoms with Crippen LogP contribution in [0.2, 0.25) is 0 Å². The Bertz CT molecular complexity index is 609. The topological polar surface area (TPSA) is 50.5 Å². The van der Waals surface area contributed by atoms with Gasteiger partial charge in [0.1, 0.15) is 17.3 Å². The normalized spacial score (nSPS) is 16.7. The predicted octanol–water partition coefficient (Wildman–Crippen LogP) is 2.17. The number of benzene rings is 1. The summed E-state index contributed by atoms with van der Waals surface area (Å²) in [4.78, 5) is 6.69. The zero-order valence-electron chi connectivity index (χ0n) is 11.8. The largest absolute Gasteiger partial charge is 0.507 e. The Hall–Kier alpha value is -2.01. The molecule has 0 aliphatic carbocycles. The maximum Gasteiger partial charge on any atom is 0.124 e. The maximum atomic E-state index is 10.2. The highest BCUT2D eigenvalue weighted by Crippen LogP contribution is 2.32. The van der Waals surface area contributed by atoms with Crippen molar-refractivity contribution in [2.45, 2.75) is 26.1 Å². The first kappa shape index (κ1) is 13.0. The van der Waals surface area contributed by atoms with Crippen molar-refractivity contribution >= 4 is 0 Å². The van der Waals surface area contributed by atoms with Gasteiger partial charge in [-0.15, -0.1) is 0 Å². The molecule has 1 unspecified atom stereocenters. The Balaban J connectivity index is 1.81. The van der Waals surface area contributed by atoms with Gasteiger partial charge in [-0.3, -0.25) is 4.90 Å². The Morgan fingerprint density at radius 2 is 2.20 bits per heavy atom. The van der Waals surface area contributed by atoms with Crippen molar-refractivity contribution in [3.05, 3.63) is 42.0 Å². The second-order valence-electron chi connectivity index (χ2n) is 5.11. The summed E-state index contributed by atoms with van der Waals surface area (Å²) in [6.07, 6.45) is 3.86. The lowest BCUT2D eigenvalue weighted by atomic mass is 10.0. The molecule has 20 heavy (non-hydrogen) atoms. The van der Waals surface area contributed by atoms with E-state index in [0.29, 0.717) is 5.75 Å². The van der Waals surface area contributed by atoms with Crippen LogP contribution in [0.15, 0.2) is 30.6 Å². The second kappa shape index (κ2) is 5.17. The SMILES string of the molecule is COc1ccc(C(C)N2CCn3ccnc3C2)c(O)c1. The molecule has 1 aromatic carbocycles. The first-order valence-electron chi connectivity index (χ1n) is 6.80. The van der Waals surface area contributed by atoms with Gasteiger partial charge in [-0.1, -0.05) is 6.07 Å². The average Bonchev–Trinajstić information content (AvgIpc) is 2.93. The minimum Gasteiger partial charge on any atom is -0.507 e. The molecule has 1 aromatic heterocycles. The summed E-state index contributed by atoms with van der Waals surface area (Å²) < 4.78 is 7.30. The molecular formula is C15H19N3O2. The molecule has 0 fully saturated rings. The van der Waals surface area contributed by atoms with Crippen LogP contribution in [0, 0.1) is 0 Å². The molecule has 106 valence electrons. The van der Waals surface area contributed by atoms with Crippen molar-refractivity contribution in [3.8, 4) is 11.5 Å². The van der Waals surface area contributed by atoms with Crippen molar-refractivity contribution in [2.24, 2.45) is 0 Å². The Morgan fingerprint density at radius 1 is 1.35 bits per heavy atom. The van der Waals surface area contributed by atoms with Crippen LogP contribution >= 0.6 is 0 Å². The van der Waals surface area contributed by atoms with Crippen molar-refractivity contribution in [3.63, 3.8) is 0 Å². The molecular weight excluding hydrogens is 254 g/mol. The molecule has 1 atom stereocenters. The highest BCUT2D eigenvalue weighted by molar-refractivity contribution is 5.41. The predicted molar refractivity (Wildman–Crippen MR) is 75.7 cm³/mol. The summed E-state index contributed by atoms with van der Waals surface area (Å²) in [6.45, 7) is 4.81. The zero-order valence-corrected chi connectivity index (χ0v) is 11.8. The maximum absolute atomic E-state index is 10.2. The van der Waals surface area contributed by atoms with Crippen LogP contribution in [-0.4, -0.2) is 33.2 Å². The molecule has 2 heterocycles. The quantitative estimate of drug-likeness (QED) is 0.931. The number of aromatic hydroxyl groups is 1. The van der Waals surface area contributed by atoms with Gasteiger partial charge in [0.05, 0.1) is 13.7 Å². The summed E-state index contributed by atoms with van der Waals surface area (Å²) in [5.41, 5.74) is 0.922. The van der Waals surface area contributed by atoms with E-state index in [1.165, 1.54) is 0 Å². The van der Waals surface area contributed by atoms with Gasteiger partial charge < -0.3 is 14.4 Å². The van der Waals surface area contributed by atoms with Crippen LogP contribution in [0.25, 0.3) is 0 Å². The van der Waals surface area contributed by atoms with E-state index < -0.39 is 0 Å². The van der Waals surface area contributed by atoms with Gasteiger partial charge in [-0.2, -0.15) is 0 Å². The standard InChI is InChI=1S/C15H19N3O2/c1-11(13-4-3-12(20-2)9-14(13)19)18-8-7-17-6-5-16-15(17)10-18/h3-6,9,11,19H,7-8,10H2,1-2H3. The number of rotatable bonds is 3. The monoisotopic (exact) mass is 273 g/mol. The highest BCUT2D eigenvalue weighted by atomic mass is 16.5. The number of phenolic OH excluding ortho intramolecular Hbond substituents is 1. The summed E-state index contributed by atoms with van der Waals surface area (Å²) in [5, 5.41) is 10.2. The third-order valence-corrected chi connectivity index (χ3v) is 4.01. The fourth-order valence-electron chi connectivity index (χ4n) is 2.72. The first-order valence-corrected chi connectivity index (χ1v) is 6.80. The van der Waals surface area contributed by atoms with E-state index >= 15 is 0 Å². The highest BCUT2D eigenvalue weighted by Gasteiger charge is 2.23. The number of imidazole rings is 1. The molecule has 1 aliphatic rings. The van der Waals surface area contributed by atoms with Gasteiger partial charge in [-0.05, 0) is 13.0 Å². The number of hydrogen-bond donors (Lipinski definition) is 1. The summed E-state index contributed by atoms with van der Waals surface area (Å²) in [5.74, 6) is 2.04. The van der Waals surface area contributed by atoms with Gasteiger partial charge in [0, 0.05) is 43.2 Å². The molecule has 5 heteroatoms. The minimum absolute atomic E-state index is 0.145. The molecule has 0 saturated carbocycles. The van der Waals surface area contributed by atoms with E-state index in [1.807, 2.05) is 24.5 Å². The number of fused-ring (bicyclic) bond motifs is 1. The minimum atomic E-state index is 0.145. The molecule has 0 spiro atoms. The molecule has 0 amide bonds. The number of phenols is 1. The van der Waals surface area contributed by atoms with E-state index in [4.69, 9.17) is 4.74 Å². The summed E-state index contributed by atoms with van der Waals surface area (Å²) >= 11 is 0. The number of methoxy groups -OCH3 is 1. The van der Waals surface area contributed by atoms with Crippen LogP contribution in [0.3, 0.4) is 0 Å². The third kappa shape index (κ3) is 2.25. The van der Waals surface area contributed by atoms with E-state index in [-0.39, 0.29) is 11.8 Å². The number of nitrogens with zero attached hydrogens (tertiary/aromatic N) is 3. The molecule has 2 aromatic rings. The molecule has 5 nitrogen and oxygen atoms in total. The summed E-state index contributed by atoms with van der Waals surface area (Å²) in [7, 11) is 1.60. The second-order valence-corrected chi connectivity index (χ2v) is 5.11. The molecule has 3 rings (SSSR count).